The SMILES string of the molecule is CN(C(=O)c1cncc(N2CCN(c3ccccc3F)CC2)c1)c1ccccc1. The van der Waals surface area contributed by atoms with E-state index in [-0.39, 0.29) is 11.7 Å². The van der Waals surface area contributed by atoms with E-state index >= 15 is 0 Å². The quantitative estimate of drug-likeness (QED) is 0.679. The minimum absolute atomic E-state index is 0.101. The van der Waals surface area contributed by atoms with Crippen LogP contribution >= 0.6 is 0 Å². The first-order valence-electron chi connectivity index (χ1n) is 9.66. The average Bonchev–Trinajstić information content (AvgIpc) is 2.79. The normalized spacial score (nSPS) is 14.0. The lowest BCUT2D eigenvalue weighted by Crippen LogP contribution is -2.47. The number of carbonyl (C=O) groups is 1. The van der Waals surface area contributed by atoms with Gasteiger partial charge in [0.15, 0.2) is 0 Å². The maximum absolute atomic E-state index is 14.0. The molecule has 1 aliphatic heterocycles. The van der Waals surface area contributed by atoms with Crippen LogP contribution in [-0.4, -0.2) is 44.1 Å². The van der Waals surface area contributed by atoms with E-state index in [1.54, 1.807) is 30.4 Å². The van der Waals surface area contributed by atoms with Crippen LogP contribution in [0, 0.1) is 5.82 Å². The van der Waals surface area contributed by atoms with Crippen molar-refractivity contribution in [1.82, 2.24) is 4.98 Å². The zero-order valence-electron chi connectivity index (χ0n) is 16.3. The molecule has 3 aromatic rings. The Labute approximate surface area is 170 Å². The number of carbonyl (C=O) groups excluding carboxylic acids is 1. The van der Waals surface area contributed by atoms with E-state index in [2.05, 4.69) is 14.8 Å². The van der Waals surface area contributed by atoms with Crippen LogP contribution in [0.25, 0.3) is 0 Å². The molecule has 148 valence electrons. The maximum atomic E-state index is 14.0. The molecule has 5 nitrogen and oxygen atoms in total. The van der Waals surface area contributed by atoms with Crippen LogP contribution in [0.3, 0.4) is 0 Å². The molecule has 6 heteroatoms. The Balaban J connectivity index is 1.46. The molecule has 0 atom stereocenters. The van der Waals surface area contributed by atoms with Crippen molar-refractivity contribution in [1.29, 1.82) is 0 Å². The van der Waals surface area contributed by atoms with Gasteiger partial charge >= 0.3 is 0 Å². The Bertz CT molecular complexity index is 987. The van der Waals surface area contributed by atoms with Crippen molar-refractivity contribution in [3.05, 3.63) is 84.4 Å². The molecule has 1 aliphatic rings. The number of anilines is 3. The number of hydrogen-bond acceptors (Lipinski definition) is 4. The van der Waals surface area contributed by atoms with E-state index in [0.717, 1.165) is 24.5 Å². The first-order valence-corrected chi connectivity index (χ1v) is 9.66. The highest BCUT2D eigenvalue weighted by Gasteiger charge is 2.21. The van der Waals surface area contributed by atoms with Gasteiger partial charge in [0.25, 0.3) is 5.91 Å². The number of benzene rings is 2. The number of hydrogen-bond donors (Lipinski definition) is 0. The number of pyridine rings is 1. The zero-order chi connectivity index (χ0) is 20.2. The molecule has 1 amide bonds. The molecule has 0 spiro atoms. The molecular weight excluding hydrogens is 367 g/mol. The smallest absolute Gasteiger partial charge is 0.259 e. The third kappa shape index (κ3) is 4.06. The molecule has 0 unspecified atom stereocenters. The Kier molecular flexibility index (Phi) is 5.42. The van der Waals surface area contributed by atoms with E-state index in [0.29, 0.717) is 24.3 Å². The van der Waals surface area contributed by atoms with Gasteiger partial charge in [0.05, 0.1) is 23.1 Å². The van der Waals surface area contributed by atoms with Gasteiger partial charge in [-0.2, -0.15) is 0 Å². The van der Waals surface area contributed by atoms with E-state index in [1.807, 2.05) is 48.5 Å². The Hall–Kier alpha value is -3.41. The Morgan fingerprint density at radius 3 is 2.31 bits per heavy atom. The molecule has 0 aliphatic carbocycles. The number of para-hydroxylation sites is 2. The van der Waals surface area contributed by atoms with Gasteiger partial charge in [0.1, 0.15) is 5.82 Å². The molecule has 0 radical (unpaired) electrons. The van der Waals surface area contributed by atoms with Crippen molar-refractivity contribution < 1.29 is 9.18 Å². The largest absolute Gasteiger partial charge is 0.367 e. The summed E-state index contributed by atoms with van der Waals surface area (Å²) < 4.78 is 14.0. The van der Waals surface area contributed by atoms with Crippen LogP contribution in [0.2, 0.25) is 0 Å². The second kappa shape index (κ2) is 8.31. The molecule has 0 bridgehead atoms. The number of halogens is 1. The zero-order valence-corrected chi connectivity index (χ0v) is 16.3. The standard InChI is InChI=1S/C23H23FN4O/c1-26(19-7-3-2-4-8-19)23(29)18-15-20(17-25-16-18)27-11-13-28(14-12-27)22-10-6-5-9-21(22)24/h2-10,15-17H,11-14H2,1H3. The monoisotopic (exact) mass is 390 g/mol. The highest BCUT2D eigenvalue weighted by Crippen LogP contribution is 2.23. The number of piperazine rings is 1. The molecule has 2 aromatic carbocycles. The van der Waals surface area contributed by atoms with Gasteiger partial charge in [-0.3, -0.25) is 9.78 Å². The number of rotatable bonds is 4. The Morgan fingerprint density at radius 2 is 1.59 bits per heavy atom. The lowest BCUT2D eigenvalue weighted by Gasteiger charge is -2.37. The fourth-order valence-electron chi connectivity index (χ4n) is 3.59. The summed E-state index contributed by atoms with van der Waals surface area (Å²) in [6, 6.07) is 18.3. The van der Waals surface area contributed by atoms with Crippen LogP contribution in [-0.2, 0) is 0 Å². The molecule has 0 saturated carbocycles. The summed E-state index contributed by atoms with van der Waals surface area (Å²) in [5, 5.41) is 0. The van der Waals surface area contributed by atoms with Gasteiger partial charge in [-0.05, 0) is 30.3 Å². The molecule has 1 aromatic heterocycles. The highest BCUT2D eigenvalue weighted by atomic mass is 19.1. The van der Waals surface area contributed by atoms with Crippen molar-refractivity contribution >= 4 is 23.0 Å². The van der Waals surface area contributed by atoms with E-state index in [4.69, 9.17) is 0 Å². The molecule has 1 saturated heterocycles. The predicted octanol–water partition coefficient (Wildman–Crippen LogP) is 3.82. The number of aromatic nitrogens is 1. The fourth-order valence-corrected chi connectivity index (χ4v) is 3.59. The van der Waals surface area contributed by atoms with Gasteiger partial charge < -0.3 is 14.7 Å². The maximum Gasteiger partial charge on any atom is 0.259 e. The van der Waals surface area contributed by atoms with Gasteiger partial charge in [0.2, 0.25) is 0 Å². The molecule has 4 rings (SSSR count). The molecule has 2 heterocycles. The van der Waals surface area contributed by atoms with Crippen LogP contribution in [0.15, 0.2) is 73.1 Å². The van der Waals surface area contributed by atoms with E-state index in [9.17, 15) is 9.18 Å². The lowest BCUT2D eigenvalue weighted by atomic mass is 10.2. The van der Waals surface area contributed by atoms with Crippen molar-refractivity contribution in [2.45, 2.75) is 0 Å². The Morgan fingerprint density at radius 1 is 0.931 bits per heavy atom. The first kappa shape index (κ1) is 18.9. The minimum Gasteiger partial charge on any atom is -0.367 e. The van der Waals surface area contributed by atoms with Gasteiger partial charge in [-0.15, -0.1) is 0 Å². The van der Waals surface area contributed by atoms with Crippen LogP contribution in [0.1, 0.15) is 10.4 Å². The summed E-state index contributed by atoms with van der Waals surface area (Å²) in [5.74, 6) is -0.297. The first-order chi connectivity index (χ1) is 14.1. The summed E-state index contributed by atoms with van der Waals surface area (Å²) in [6.07, 6.45) is 3.37. The van der Waals surface area contributed by atoms with Crippen LogP contribution in [0.5, 0.6) is 0 Å². The van der Waals surface area contributed by atoms with Gasteiger partial charge in [-0.1, -0.05) is 30.3 Å². The second-order valence-electron chi connectivity index (χ2n) is 7.06. The molecule has 29 heavy (non-hydrogen) atoms. The van der Waals surface area contributed by atoms with Crippen molar-refractivity contribution in [3.8, 4) is 0 Å². The van der Waals surface area contributed by atoms with Crippen molar-refractivity contribution in [3.63, 3.8) is 0 Å². The van der Waals surface area contributed by atoms with Crippen molar-refractivity contribution in [2.24, 2.45) is 0 Å². The van der Waals surface area contributed by atoms with Crippen LogP contribution in [0.4, 0.5) is 21.5 Å². The fraction of sp³-hybridized carbons (Fsp3) is 0.217. The molecule has 1 fully saturated rings. The van der Waals surface area contributed by atoms with E-state index in [1.165, 1.54) is 6.07 Å². The average molecular weight is 390 g/mol. The third-order valence-electron chi connectivity index (χ3n) is 5.26. The third-order valence-corrected chi connectivity index (χ3v) is 5.26. The van der Waals surface area contributed by atoms with Crippen molar-refractivity contribution in [2.75, 3.05) is 47.9 Å². The summed E-state index contributed by atoms with van der Waals surface area (Å²) in [6.45, 7) is 2.90. The lowest BCUT2D eigenvalue weighted by molar-refractivity contribution is 0.0992. The van der Waals surface area contributed by atoms with Gasteiger partial charge in [0, 0.05) is 45.1 Å². The second-order valence-corrected chi connectivity index (χ2v) is 7.06. The summed E-state index contributed by atoms with van der Waals surface area (Å²) >= 11 is 0. The molecule has 0 N–H and O–H groups in total. The van der Waals surface area contributed by atoms with E-state index < -0.39 is 0 Å². The minimum atomic E-state index is -0.195. The number of amides is 1. The highest BCUT2D eigenvalue weighted by molar-refractivity contribution is 6.06. The predicted molar refractivity (Wildman–Crippen MR) is 114 cm³/mol. The summed E-state index contributed by atoms with van der Waals surface area (Å²) in [5.41, 5.74) is 2.93. The summed E-state index contributed by atoms with van der Waals surface area (Å²) in [4.78, 5) is 23.0. The van der Waals surface area contributed by atoms with Crippen LogP contribution < -0.4 is 14.7 Å². The topological polar surface area (TPSA) is 39.7 Å². The summed E-state index contributed by atoms with van der Waals surface area (Å²) in [7, 11) is 1.76. The molecular formula is C23H23FN4O. The number of nitrogens with zero attached hydrogens (tertiary/aromatic N) is 4. The van der Waals surface area contributed by atoms with Gasteiger partial charge in [-0.25, -0.2) is 4.39 Å².